The maximum absolute atomic E-state index is 12.5. The maximum Gasteiger partial charge on any atom is 0.317 e. The van der Waals surface area contributed by atoms with E-state index in [1.54, 1.807) is 18.6 Å². The molecule has 0 aliphatic carbocycles. The van der Waals surface area contributed by atoms with Crippen LogP contribution in [-0.4, -0.2) is 64.2 Å². The van der Waals surface area contributed by atoms with Crippen molar-refractivity contribution in [2.24, 2.45) is 0 Å². The van der Waals surface area contributed by atoms with Gasteiger partial charge in [-0.15, -0.1) is 0 Å². The van der Waals surface area contributed by atoms with E-state index in [1.165, 1.54) is 5.56 Å². The lowest BCUT2D eigenvalue weighted by atomic mass is 9.87. The van der Waals surface area contributed by atoms with Crippen molar-refractivity contribution in [1.29, 1.82) is 0 Å². The zero-order valence-corrected chi connectivity index (χ0v) is 17.0. The Morgan fingerprint density at radius 1 is 1.21 bits per heavy atom. The molecule has 2 aliphatic heterocycles. The first-order chi connectivity index (χ1) is 14.1. The van der Waals surface area contributed by atoms with Gasteiger partial charge in [-0.05, 0) is 49.6 Å². The van der Waals surface area contributed by atoms with Crippen molar-refractivity contribution in [1.82, 2.24) is 25.1 Å². The molecule has 2 aromatic heterocycles. The van der Waals surface area contributed by atoms with E-state index in [0.29, 0.717) is 12.6 Å². The summed E-state index contributed by atoms with van der Waals surface area (Å²) in [6.45, 7) is 3.60. The number of rotatable bonds is 5. The van der Waals surface area contributed by atoms with E-state index >= 15 is 0 Å². The fraction of sp³-hybridized carbons (Fsp3) is 0.500. The number of amides is 2. The van der Waals surface area contributed by atoms with E-state index in [-0.39, 0.29) is 11.6 Å². The van der Waals surface area contributed by atoms with Crippen LogP contribution in [0.15, 0.2) is 49.1 Å². The molecule has 2 amide bonds. The van der Waals surface area contributed by atoms with Gasteiger partial charge in [-0.25, -0.2) is 4.79 Å². The Hall–Kier alpha value is -2.51. The molecule has 2 fully saturated rings. The van der Waals surface area contributed by atoms with Crippen LogP contribution in [-0.2, 0) is 17.8 Å². The van der Waals surface area contributed by atoms with Gasteiger partial charge in [-0.1, -0.05) is 12.1 Å². The zero-order chi connectivity index (χ0) is 20.1. The third-order valence-corrected chi connectivity index (χ3v) is 6.10. The molecule has 1 atom stereocenters. The van der Waals surface area contributed by atoms with Crippen LogP contribution in [0, 0.1) is 0 Å². The molecule has 154 valence electrons. The Morgan fingerprint density at radius 3 is 2.55 bits per heavy atom. The van der Waals surface area contributed by atoms with E-state index in [0.717, 1.165) is 51.1 Å². The molecule has 0 bridgehead atoms. The van der Waals surface area contributed by atoms with E-state index in [1.807, 2.05) is 29.3 Å². The number of carbonyl (C=O) groups is 1. The van der Waals surface area contributed by atoms with Crippen molar-refractivity contribution in [2.45, 2.75) is 44.0 Å². The quantitative estimate of drug-likeness (QED) is 0.842. The summed E-state index contributed by atoms with van der Waals surface area (Å²) in [5.41, 5.74) is 2.14. The lowest BCUT2D eigenvalue weighted by Crippen LogP contribution is -2.49. The van der Waals surface area contributed by atoms with E-state index in [9.17, 15) is 4.79 Å². The highest BCUT2D eigenvalue weighted by Gasteiger charge is 2.44. The van der Waals surface area contributed by atoms with Crippen LogP contribution in [0.3, 0.4) is 0 Å². The summed E-state index contributed by atoms with van der Waals surface area (Å²) in [4.78, 5) is 25.0. The number of piperidine rings is 1. The minimum Gasteiger partial charge on any atom is -0.373 e. The maximum atomic E-state index is 12.5. The van der Waals surface area contributed by atoms with Crippen molar-refractivity contribution in [2.75, 3.05) is 26.7 Å². The number of pyridine rings is 2. The van der Waals surface area contributed by atoms with E-state index in [4.69, 9.17) is 4.74 Å². The molecule has 1 N–H and O–H groups in total. The summed E-state index contributed by atoms with van der Waals surface area (Å²) < 4.78 is 6.29. The van der Waals surface area contributed by atoms with Crippen LogP contribution in [0.2, 0.25) is 0 Å². The fourth-order valence-corrected chi connectivity index (χ4v) is 4.27. The van der Waals surface area contributed by atoms with Crippen molar-refractivity contribution in [3.8, 4) is 0 Å². The molecule has 2 saturated heterocycles. The number of nitrogens with zero attached hydrogens (tertiary/aromatic N) is 4. The highest BCUT2D eigenvalue weighted by molar-refractivity contribution is 5.74. The van der Waals surface area contributed by atoms with E-state index < -0.39 is 0 Å². The number of hydrogen-bond acceptors (Lipinski definition) is 5. The summed E-state index contributed by atoms with van der Waals surface area (Å²) in [5.74, 6) is 0. The number of likely N-dealkylation sites (tertiary alicyclic amines) is 1. The smallest absolute Gasteiger partial charge is 0.317 e. The Bertz CT molecular complexity index is 793. The molecule has 4 rings (SSSR count). The van der Waals surface area contributed by atoms with Gasteiger partial charge < -0.3 is 15.0 Å². The van der Waals surface area contributed by atoms with Crippen LogP contribution in [0.4, 0.5) is 4.79 Å². The number of hydrogen-bond donors (Lipinski definition) is 1. The zero-order valence-electron chi connectivity index (χ0n) is 17.0. The summed E-state index contributed by atoms with van der Waals surface area (Å²) in [7, 11) is 2.15. The topological polar surface area (TPSA) is 70.6 Å². The van der Waals surface area contributed by atoms with Crippen molar-refractivity contribution in [3.05, 3.63) is 60.2 Å². The normalized spacial score (nSPS) is 20.9. The monoisotopic (exact) mass is 395 g/mol. The van der Waals surface area contributed by atoms with Crippen LogP contribution in [0.5, 0.6) is 0 Å². The molecule has 0 saturated carbocycles. The number of ether oxygens (including phenoxy) is 1. The highest BCUT2D eigenvalue weighted by atomic mass is 16.5. The lowest BCUT2D eigenvalue weighted by Gasteiger charge is -2.38. The molecular weight excluding hydrogens is 366 g/mol. The second-order valence-corrected chi connectivity index (χ2v) is 8.14. The molecule has 0 aromatic carbocycles. The van der Waals surface area contributed by atoms with Crippen molar-refractivity contribution >= 4 is 6.03 Å². The molecule has 0 unspecified atom stereocenters. The average Bonchev–Trinajstić information content (AvgIpc) is 3.18. The molecule has 2 aromatic rings. The molecule has 1 spiro atoms. The summed E-state index contributed by atoms with van der Waals surface area (Å²) in [5, 5.41) is 2.99. The minimum absolute atomic E-state index is 0.00746. The summed E-state index contributed by atoms with van der Waals surface area (Å²) in [6, 6.07) is 8.33. The molecule has 0 radical (unpaired) electrons. The van der Waals surface area contributed by atoms with Gasteiger partial charge in [0.15, 0.2) is 0 Å². The minimum atomic E-state index is -0.0893. The third kappa shape index (κ3) is 4.92. The fourth-order valence-electron chi connectivity index (χ4n) is 4.27. The highest BCUT2D eigenvalue weighted by Crippen LogP contribution is 2.37. The average molecular weight is 396 g/mol. The van der Waals surface area contributed by atoms with Gasteiger partial charge in [0.05, 0.1) is 12.2 Å². The number of likely N-dealkylation sites (N-methyl/N-ethyl adjacent to an activating group) is 1. The van der Waals surface area contributed by atoms with Crippen LogP contribution in [0.25, 0.3) is 0 Å². The molecule has 2 aliphatic rings. The Balaban J connectivity index is 1.24. The van der Waals surface area contributed by atoms with Crippen LogP contribution >= 0.6 is 0 Å². The molecule has 7 heteroatoms. The first-order valence-electron chi connectivity index (χ1n) is 10.3. The summed E-state index contributed by atoms with van der Waals surface area (Å²) >= 11 is 0. The van der Waals surface area contributed by atoms with Crippen LogP contribution < -0.4 is 5.32 Å². The Morgan fingerprint density at radius 2 is 1.90 bits per heavy atom. The van der Waals surface area contributed by atoms with Gasteiger partial charge in [0, 0.05) is 57.0 Å². The molecule has 4 heterocycles. The number of urea groups is 1. The largest absolute Gasteiger partial charge is 0.373 e. The molecular formula is C22H29N5O2. The van der Waals surface area contributed by atoms with Crippen LogP contribution in [0.1, 0.15) is 30.4 Å². The Labute approximate surface area is 172 Å². The van der Waals surface area contributed by atoms with Crippen molar-refractivity contribution < 1.29 is 9.53 Å². The lowest BCUT2D eigenvalue weighted by molar-refractivity contribution is -0.0368. The van der Waals surface area contributed by atoms with Gasteiger partial charge in [-0.3, -0.25) is 14.9 Å². The van der Waals surface area contributed by atoms with Crippen molar-refractivity contribution in [3.63, 3.8) is 0 Å². The Kier molecular flexibility index (Phi) is 6.06. The summed E-state index contributed by atoms with van der Waals surface area (Å²) in [6.07, 6.45) is 10.0. The van der Waals surface area contributed by atoms with Gasteiger partial charge in [0.25, 0.3) is 0 Å². The predicted octanol–water partition coefficient (Wildman–Crippen LogP) is 2.44. The van der Waals surface area contributed by atoms with Gasteiger partial charge in [0.2, 0.25) is 0 Å². The van der Waals surface area contributed by atoms with Gasteiger partial charge in [0.1, 0.15) is 0 Å². The molecule has 7 nitrogen and oxygen atoms in total. The predicted molar refractivity (Wildman–Crippen MR) is 110 cm³/mol. The van der Waals surface area contributed by atoms with Gasteiger partial charge in [-0.2, -0.15) is 0 Å². The standard InChI is InChI=1S/C22H29N5O2/c1-26(16-19-5-3-9-24-14-19)20-12-22(29-17-20)6-10-27(11-7-22)21(28)25-15-18-4-2-8-23-13-18/h2-5,8-9,13-14,20H,6-7,10-12,15-17H2,1H3,(H,25,28)/t20-/m0/s1. The van der Waals surface area contributed by atoms with E-state index in [2.05, 4.69) is 33.3 Å². The second kappa shape index (κ2) is 8.88. The number of nitrogens with one attached hydrogen (secondary N) is 1. The van der Waals surface area contributed by atoms with Gasteiger partial charge >= 0.3 is 6.03 Å². The third-order valence-electron chi connectivity index (χ3n) is 6.10. The first kappa shape index (κ1) is 19.8. The molecule has 29 heavy (non-hydrogen) atoms. The first-order valence-corrected chi connectivity index (χ1v) is 10.3. The second-order valence-electron chi connectivity index (χ2n) is 8.14. The SMILES string of the molecule is CN(Cc1cccnc1)[C@@H]1COC2(CCN(C(=O)NCc3cccnc3)CC2)C1. The number of carbonyl (C=O) groups excluding carboxylic acids is 1. The number of aromatic nitrogens is 2.